The van der Waals surface area contributed by atoms with Gasteiger partial charge in [-0.2, -0.15) is 0 Å². The molecule has 0 unspecified atom stereocenters. The average molecular weight is 258 g/mol. The largest absolute Gasteiger partial charge is 0.455 e. The predicted octanol–water partition coefficient (Wildman–Crippen LogP) is 2.49. The summed E-state index contributed by atoms with van der Waals surface area (Å²) < 4.78 is 5.35. The van der Waals surface area contributed by atoms with Crippen LogP contribution in [0.25, 0.3) is 10.4 Å². The van der Waals surface area contributed by atoms with Crippen LogP contribution in [0.2, 0.25) is 0 Å². The molecule has 1 heterocycles. The fraction of sp³-hybridized carbons (Fsp3) is 0.385. The number of esters is 1. The van der Waals surface area contributed by atoms with Gasteiger partial charge in [0.1, 0.15) is 6.10 Å². The zero-order valence-electron chi connectivity index (χ0n) is 10.7. The minimum absolute atomic E-state index is 0.242. The van der Waals surface area contributed by atoms with Crippen molar-refractivity contribution in [3.63, 3.8) is 0 Å². The average Bonchev–Trinajstić information content (AvgIpc) is 2.42. The lowest BCUT2D eigenvalue weighted by molar-refractivity contribution is -0.143. The summed E-state index contributed by atoms with van der Waals surface area (Å²) in [5.74, 6) is -0.478. The molecule has 0 aromatic heterocycles. The maximum Gasteiger partial charge on any atom is 0.357 e. The van der Waals surface area contributed by atoms with E-state index in [1.165, 1.54) is 0 Å². The first-order chi connectivity index (χ1) is 9.13. The van der Waals surface area contributed by atoms with Gasteiger partial charge in [-0.1, -0.05) is 42.4 Å². The third-order valence-electron chi connectivity index (χ3n) is 3.00. The van der Waals surface area contributed by atoms with E-state index in [0.29, 0.717) is 5.71 Å². The molecule has 6 nitrogen and oxygen atoms in total. The number of carbonyl (C=O) groups is 1. The van der Waals surface area contributed by atoms with Gasteiger partial charge in [-0.05, 0) is 12.5 Å². The van der Waals surface area contributed by atoms with E-state index < -0.39 is 18.1 Å². The van der Waals surface area contributed by atoms with Crippen molar-refractivity contribution in [2.24, 2.45) is 10.1 Å². The second kappa shape index (κ2) is 5.54. The lowest BCUT2D eigenvalue weighted by atomic mass is 10.0. The van der Waals surface area contributed by atoms with Gasteiger partial charge >= 0.3 is 5.97 Å². The number of aliphatic imine (C=N–C) groups is 1. The van der Waals surface area contributed by atoms with Gasteiger partial charge in [0.15, 0.2) is 5.71 Å². The summed E-state index contributed by atoms with van der Waals surface area (Å²) in [6.07, 6.45) is -0.518. The molecule has 1 aromatic carbocycles. The molecule has 3 atom stereocenters. The second-order valence-corrected chi connectivity index (χ2v) is 4.40. The zero-order valence-corrected chi connectivity index (χ0v) is 10.7. The third-order valence-corrected chi connectivity index (χ3v) is 3.00. The molecule has 0 saturated carbocycles. The van der Waals surface area contributed by atoms with Crippen molar-refractivity contribution in [1.82, 2.24) is 0 Å². The molecule has 0 bridgehead atoms. The molecule has 0 N–H and O–H groups in total. The molecular formula is C13H14N4O2. The Bertz CT molecular complexity index is 549. The number of nitrogens with zero attached hydrogens (tertiary/aromatic N) is 4. The Hall–Kier alpha value is -2.33. The Morgan fingerprint density at radius 2 is 2.11 bits per heavy atom. The van der Waals surface area contributed by atoms with E-state index in [9.17, 15) is 4.79 Å². The van der Waals surface area contributed by atoms with Crippen LogP contribution in [0.15, 0.2) is 40.4 Å². The molecule has 1 aliphatic rings. The molecule has 0 saturated heterocycles. The first kappa shape index (κ1) is 13.1. The highest BCUT2D eigenvalue weighted by Crippen LogP contribution is 2.19. The van der Waals surface area contributed by atoms with Crippen LogP contribution in [0.3, 0.4) is 0 Å². The molecule has 19 heavy (non-hydrogen) atoms. The van der Waals surface area contributed by atoms with Crippen LogP contribution in [0, 0.1) is 0 Å². The van der Waals surface area contributed by atoms with Gasteiger partial charge in [0.25, 0.3) is 0 Å². The van der Waals surface area contributed by atoms with E-state index in [-0.39, 0.29) is 6.04 Å². The fourth-order valence-corrected chi connectivity index (χ4v) is 2.04. The number of hydrogen-bond acceptors (Lipinski definition) is 4. The van der Waals surface area contributed by atoms with E-state index in [4.69, 9.17) is 10.3 Å². The maximum absolute atomic E-state index is 12.0. The van der Waals surface area contributed by atoms with Crippen LogP contribution in [-0.2, 0) is 9.53 Å². The molecule has 6 heteroatoms. The van der Waals surface area contributed by atoms with Gasteiger partial charge in [-0.3, -0.25) is 4.99 Å². The van der Waals surface area contributed by atoms with E-state index in [1.54, 1.807) is 6.92 Å². The molecule has 2 rings (SSSR count). The first-order valence-corrected chi connectivity index (χ1v) is 6.02. The van der Waals surface area contributed by atoms with Crippen LogP contribution in [0.5, 0.6) is 0 Å². The molecule has 0 amide bonds. The third kappa shape index (κ3) is 2.74. The van der Waals surface area contributed by atoms with Gasteiger partial charge < -0.3 is 4.74 Å². The molecule has 1 aromatic rings. The zero-order chi connectivity index (χ0) is 13.8. The summed E-state index contributed by atoms with van der Waals surface area (Å²) in [7, 11) is 0. The van der Waals surface area contributed by atoms with Gasteiger partial charge in [-0.25, -0.2) is 4.79 Å². The monoisotopic (exact) mass is 258 g/mol. The van der Waals surface area contributed by atoms with Crippen molar-refractivity contribution < 1.29 is 9.53 Å². The Morgan fingerprint density at radius 3 is 2.74 bits per heavy atom. The standard InChI is InChI=1S/C13H14N4O2/c1-8-12(9(2)16-17-14)19-13(18)11(15-8)10-6-4-3-5-7-10/h3-9,12H,1-2H3/t8-,9+,12-/m1/s1. The van der Waals surface area contributed by atoms with Crippen LogP contribution < -0.4 is 0 Å². The number of cyclic esters (lactones) is 1. The normalized spacial score (nSPS) is 23.9. The van der Waals surface area contributed by atoms with Gasteiger partial charge in [-0.15, -0.1) is 0 Å². The molecule has 0 radical (unpaired) electrons. The van der Waals surface area contributed by atoms with Crippen molar-refractivity contribution >= 4 is 11.7 Å². The van der Waals surface area contributed by atoms with E-state index in [1.807, 2.05) is 37.3 Å². The van der Waals surface area contributed by atoms with Crippen molar-refractivity contribution in [2.75, 3.05) is 0 Å². The highest BCUT2D eigenvalue weighted by molar-refractivity contribution is 6.43. The molecule has 0 spiro atoms. The Balaban J connectivity index is 2.29. The summed E-state index contributed by atoms with van der Waals surface area (Å²) >= 11 is 0. The predicted molar refractivity (Wildman–Crippen MR) is 70.9 cm³/mol. The Morgan fingerprint density at radius 1 is 1.42 bits per heavy atom. The number of rotatable bonds is 3. The van der Waals surface area contributed by atoms with E-state index in [0.717, 1.165) is 5.56 Å². The maximum atomic E-state index is 12.0. The van der Waals surface area contributed by atoms with Crippen molar-refractivity contribution in [3.05, 3.63) is 46.3 Å². The Kier molecular flexibility index (Phi) is 3.82. The highest BCUT2D eigenvalue weighted by Gasteiger charge is 2.34. The summed E-state index contributed by atoms with van der Waals surface area (Å²) in [4.78, 5) is 19.1. The van der Waals surface area contributed by atoms with Crippen LogP contribution in [-0.4, -0.2) is 29.9 Å². The molecule has 1 aliphatic heterocycles. The minimum atomic E-state index is -0.518. The van der Waals surface area contributed by atoms with Gasteiger partial charge in [0, 0.05) is 10.5 Å². The van der Waals surface area contributed by atoms with Crippen LogP contribution in [0.1, 0.15) is 19.4 Å². The number of ether oxygens (including phenoxy) is 1. The van der Waals surface area contributed by atoms with E-state index in [2.05, 4.69) is 15.0 Å². The number of benzene rings is 1. The number of hydrogen-bond donors (Lipinski definition) is 0. The van der Waals surface area contributed by atoms with Gasteiger partial charge in [0.2, 0.25) is 0 Å². The lowest BCUT2D eigenvalue weighted by Gasteiger charge is -2.29. The smallest absolute Gasteiger partial charge is 0.357 e. The van der Waals surface area contributed by atoms with Crippen molar-refractivity contribution in [1.29, 1.82) is 0 Å². The second-order valence-electron chi connectivity index (χ2n) is 4.40. The fourth-order valence-electron chi connectivity index (χ4n) is 2.04. The highest BCUT2D eigenvalue weighted by atomic mass is 16.5. The molecule has 0 aliphatic carbocycles. The summed E-state index contributed by atoms with van der Waals surface area (Å²) in [5.41, 5.74) is 9.48. The Labute approximate surface area is 110 Å². The van der Waals surface area contributed by atoms with E-state index >= 15 is 0 Å². The number of azide groups is 1. The van der Waals surface area contributed by atoms with Gasteiger partial charge in [0.05, 0.1) is 12.1 Å². The molecular weight excluding hydrogens is 244 g/mol. The van der Waals surface area contributed by atoms with Crippen LogP contribution >= 0.6 is 0 Å². The van der Waals surface area contributed by atoms with Crippen molar-refractivity contribution in [3.8, 4) is 0 Å². The molecule has 98 valence electrons. The molecule has 0 fully saturated rings. The number of carbonyl (C=O) groups excluding carboxylic acids is 1. The SMILES string of the molecule is C[C@H](N=[N+]=[N-])[C@@H]1OC(=O)C(c2ccccc2)=N[C@@H]1C. The first-order valence-electron chi connectivity index (χ1n) is 6.02. The lowest BCUT2D eigenvalue weighted by Crippen LogP contribution is -2.43. The quantitative estimate of drug-likeness (QED) is 0.361. The summed E-state index contributed by atoms with van der Waals surface area (Å²) in [6, 6.07) is 8.48. The summed E-state index contributed by atoms with van der Waals surface area (Å²) in [6.45, 7) is 3.54. The van der Waals surface area contributed by atoms with Crippen LogP contribution in [0.4, 0.5) is 0 Å². The summed E-state index contributed by atoms with van der Waals surface area (Å²) in [5, 5.41) is 3.56. The topological polar surface area (TPSA) is 87.4 Å². The van der Waals surface area contributed by atoms with Crippen molar-refractivity contribution in [2.45, 2.75) is 32.0 Å². The minimum Gasteiger partial charge on any atom is -0.455 e.